The van der Waals surface area contributed by atoms with Crippen LogP contribution in [0.3, 0.4) is 0 Å². The van der Waals surface area contributed by atoms with Crippen molar-refractivity contribution in [3.05, 3.63) is 42.2 Å². The number of ether oxygens (including phenoxy) is 2. The Balaban J connectivity index is 2.21. The molecule has 0 saturated carbocycles. The summed E-state index contributed by atoms with van der Waals surface area (Å²) < 4.78 is 10.7. The van der Waals surface area contributed by atoms with Crippen LogP contribution in [-0.4, -0.2) is 24.6 Å². The molecular formula is C15H17N3O3. The van der Waals surface area contributed by atoms with Crippen LogP contribution < -0.4 is 20.5 Å². The van der Waals surface area contributed by atoms with E-state index in [1.165, 1.54) is 6.20 Å². The van der Waals surface area contributed by atoms with E-state index in [0.29, 0.717) is 29.5 Å². The molecule has 3 N–H and O–H groups in total. The lowest BCUT2D eigenvalue weighted by atomic mass is 10.2. The van der Waals surface area contributed by atoms with Crippen molar-refractivity contribution in [2.45, 2.75) is 6.92 Å². The third-order valence-electron chi connectivity index (χ3n) is 2.78. The van der Waals surface area contributed by atoms with Crippen molar-refractivity contribution in [2.24, 2.45) is 0 Å². The molecule has 6 nitrogen and oxygen atoms in total. The van der Waals surface area contributed by atoms with Crippen molar-refractivity contribution < 1.29 is 14.3 Å². The molecule has 2 aromatic rings. The Bertz CT molecular complexity index is 644. The van der Waals surface area contributed by atoms with E-state index in [1.54, 1.807) is 37.4 Å². The number of nitrogens with two attached hydrogens (primary N) is 1. The lowest BCUT2D eigenvalue weighted by molar-refractivity contribution is 0.102. The van der Waals surface area contributed by atoms with Gasteiger partial charge in [-0.15, -0.1) is 0 Å². The highest BCUT2D eigenvalue weighted by Crippen LogP contribution is 2.30. The lowest BCUT2D eigenvalue weighted by Gasteiger charge is -2.12. The first-order chi connectivity index (χ1) is 10.2. The Hall–Kier alpha value is -2.76. The molecule has 0 unspecified atom stereocenters. The Kier molecular flexibility index (Phi) is 4.61. The minimum atomic E-state index is -0.374. The molecule has 2 rings (SSSR count). The normalized spacial score (nSPS) is 10.0. The molecule has 0 aliphatic heterocycles. The second-order valence-corrected chi connectivity index (χ2v) is 4.19. The van der Waals surface area contributed by atoms with E-state index in [9.17, 15) is 4.79 Å². The van der Waals surface area contributed by atoms with Gasteiger partial charge in [0.1, 0.15) is 0 Å². The Morgan fingerprint density at radius 3 is 2.81 bits per heavy atom. The molecule has 0 fully saturated rings. The molecule has 1 aromatic heterocycles. The fourth-order valence-corrected chi connectivity index (χ4v) is 1.82. The van der Waals surface area contributed by atoms with Gasteiger partial charge in [-0.25, -0.2) is 4.98 Å². The number of carbonyl (C=O) groups is 1. The minimum absolute atomic E-state index is 0.186. The molecule has 1 heterocycles. The third kappa shape index (κ3) is 3.42. The van der Waals surface area contributed by atoms with Gasteiger partial charge < -0.3 is 20.5 Å². The zero-order valence-corrected chi connectivity index (χ0v) is 11.9. The SMILES string of the molecule is CCOc1cc(NC(=O)c2ncccc2N)ccc1OC. The number of rotatable bonds is 5. The molecule has 0 saturated heterocycles. The van der Waals surface area contributed by atoms with Crippen LogP contribution in [0, 0.1) is 0 Å². The van der Waals surface area contributed by atoms with Crippen LogP contribution in [0.15, 0.2) is 36.5 Å². The predicted molar refractivity (Wildman–Crippen MR) is 80.8 cm³/mol. The molecule has 0 spiro atoms. The second-order valence-electron chi connectivity index (χ2n) is 4.19. The third-order valence-corrected chi connectivity index (χ3v) is 2.78. The number of amides is 1. The van der Waals surface area contributed by atoms with Crippen LogP contribution in [0.2, 0.25) is 0 Å². The second kappa shape index (κ2) is 6.60. The summed E-state index contributed by atoms with van der Waals surface area (Å²) in [7, 11) is 1.56. The molecule has 0 atom stereocenters. The average molecular weight is 287 g/mol. The fraction of sp³-hybridized carbons (Fsp3) is 0.200. The van der Waals surface area contributed by atoms with Crippen molar-refractivity contribution in [1.82, 2.24) is 4.98 Å². The molecule has 0 bridgehead atoms. The number of nitrogens with one attached hydrogen (secondary N) is 1. The lowest BCUT2D eigenvalue weighted by Crippen LogP contribution is -2.15. The minimum Gasteiger partial charge on any atom is -0.493 e. The van der Waals surface area contributed by atoms with Gasteiger partial charge in [0, 0.05) is 18.0 Å². The van der Waals surface area contributed by atoms with E-state index in [2.05, 4.69) is 10.3 Å². The van der Waals surface area contributed by atoms with Crippen molar-refractivity contribution in [2.75, 3.05) is 24.8 Å². The first-order valence-corrected chi connectivity index (χ1v) is 6.48. The van der Waals surface area contributed by atoms with Crippen molar-refractivity contribution >= 4 is 17.3 Å². The van der Waals surface area contributed by atoms with Gasteiger partial charge in [0.25, 0.3) is 5.91 Å². The summed E-state index contributed by atoms with van der Waals surface area (Å²) in [6, 6.07) is 8.44. The summed E-state index contributed by atoms with van der Waals surface area (Å²) in [5.74, 6) is 0.791. The van der Waals surface area contributed by atoms with E-state index in [4.69, 9.17) is 15.2 Å². The number of pyridine rings is 1. The van der Waals surface area contributed by atoms with Gasteiger partial charge in [-0.1, -0.05) is 0 Å². The monoisotopic (exact) mass is 287 g/mol. The molecule has 110 valence electrons. The quantitative estimate of drug-likeness (QED) is 0.881. The van der Waals surface area contributed by atoms with E-state index < -0.39 is 0 Å². The van der Waals surface area contributed by atoms with Crippen LogP contribution in [-0.2, 0) is 0 Å². The van der Waals surface area contributed by atoms with E-state index in [0.717, 1.165) is 0 Å². The summed E-state index contributed by atoms with van der Waals surface area (Å²) in [4.78, 5) is 16.1. The number of benzene rings is 1. The Morgan fingerprint density at radius 2 is 2.14 bits per heavy atom. The number of nitrogen functional groups attached to an aromatic ring is 1. The van der Waals surface area contributed by atoms with Crippen LogP contribution in [0.5, 0.6) is 11.5 Å². The highest BCUT2D eigenvalue weighted by molar-refractivity contribution is 6.06. The number of nitrogens with zero attached hydrogens (tertiary/aromatic N) is 1. The first-order valence-electron chi connectivity index (χ1n) is 6.48. The zero-order chi connectivity index (χ0) is 15.2. The van der Waals surface area contributed by atoms with Gasteiger partial charge in [0.2, 0.25) is 0 Å². The van der Waals surface area contributed by atoms with E-state index in [-0.39, 0.29) is 11.6 Å². The van der Waals surface area contributed by atoms with Gasteiger partial charge >= 0.3 is 0 Å². The van der Waals surface area contributed by atoms with Crippen LogP contribution in [0.1, 0.15) is 17.4 Å². The molecule has 0 aliphatic carbocycles. The number of hydrogen-bond acceptors (Lipinski definition) is 5. The maximum absolute atomic E-state index is 12.1. The fourth-order valence-electron chi connectivity index (χ4n) is 1.82. The van der Waals surface area contributed by atoms with Crippen molar-refractivity contribution in [3.63, 3.8) is 0 Å². The van der Waals surface area contributed by atoms with Crippen LogP contribution in [0.25, 0.3) is 0 Å². The standard InChI is InChI=1S/C15H17N3O3/c1-3-21-13-9-10(6-7-12(13)20-2)18-15(19)14-11(16)5-4-8-17-14/h4-9H,3,16H2,1-2H3,(H,18,19). The number of aromatic nitrogens is 1. The Morgan fingerprint density at radius 1 is 1.33 bits per heavy atom. The highest BCUT2D eigenvalue weighted by Gasteiger charge is 2.12. The van der Waals surface area contributed by atoms with Gasteiger partial charge in [0.15, 0.2) is 17.2 Å². The van der Waals surface area contributed by atoms with Crippen molar-refractivity contribution in [3.8, 4) is 11.5 Å². The molecular weight excluding hydrogens is 270 g/mol. The van der Waals surface area contributed by atoms with Gasteiger partial charge in [-0.3, -0.25) is 4.79 Å². The van der Waals surface area contributed by atoms with Crippen LogP contribution >= 0.6 is 0 Å². The Labute approximate surface area is 122 Å². The van der Waals surface area contributed by atoms with Crippen LogP contribution in [0.4, 0.5) is 11.4 Å². The molecule has 1 aromatic carbocycles. The smallest absolute Gasteiger partial charge is 0.276 e. The number of hydrogen-bond donors (Lipinski definition) is 2. The summed E-state index contributed by atoms with van der Waals surface area (Å²) in [6.07, 6.45) is 1.52. The molecule has 0 radical (unpaired) electrons. The van der Waals surface area contributed by atoms with Crippen molar-refractivity contribution in [1.29, 1.82) is 0 Å². The molecule has 1 amide bonds. The summed E-state index contributed by atoms with van der Waals surface area (Å²) in [6.45, 7) is 2.38. The summed E-state index contributed by atoms with van der Waals surface area (Å²) in [5.41, 5.74) is 6.82. The average Bonchev–Trinajstić information content (AvgIpc) is 2.48. The maximum atomic E-state index is 12.1. The molecule has 6 heteroatoms. The first kappa shape index (κ1) is 14.6. The van der Waals surface area contributed by atoms with E-state index >= 15 is 0 Å². The number of carbonyl (C=O) groups excluding carboxylic acids is 1. The maximum Gasteiger partial charge on any atom is 0.276 e. The summed E-state index contributed by atoms with van der Waals surface area (Å²) in [5, 5.41) is 2.73. The molecule has 0 aliphatic rings. The molecule has 21 heavy (non-hydrogen) atoms. The van der Waals surface area contributed by atoms with Gasteiger partial charge in [-0.05, 0) is 31.2 Å². The van der Waals surface area contributed by atoms with Gasteiger partial charge in [0.05, 0.1) is 19.4 Å². The zero-order valence-electron chi connectivity index (χ0n) is 11.9. The number of anilines is 2. The highest BCUT2D eigenvalue weighted by atomic mass is 16.5. The predicted octanol–water partition coefficient (Wildman–Crippen LogP) is 2.32. The topological polar surface area (TPSA) is 86.5 Å². The van der Waals surface area contributed by atoms with Gasteiger partial charge in [-0.2, -0.15) is 0 Å². The largest absolute Gasteiger partial charge is 0.493 e. The summed E-state index contributed by atoms with van der Waals surface area (Å²) >= 11 is 0. The number of methoxy groups -OCH3 is 1. The van der Waals surface area contributed by atoms with E-state index in [1.807, 2.05) is 6.92 Å².